The van der Waals surface area contributed by atoms with Crippen molar-refractivity contribution in [3.63, 3.8) is 0 Å². The molecule has 57 heavy (non-hydrogen) atoms. The summed E-state index contributed by atoms with van der Waals surface area (Å²) in [4.78, 5) is 0. The van der Waals surface area contributed by atoms with E-state index < -0.39 is 5.41 Å². The van der Waals surface area contributed by atoms with Gasteiger partial charge in [-0.15, -0.1) is 0 Å². The molecular weight excluding hydrogens is 693 g/mol. The predicted octanol–water partition coefficient (Wildman–Crippen LogP) is 14.1. The summed E-state index contributed by atoms with van der Waals surface area (Å²) < 4.78 is 14.6. The van der Waals surface area contributed by atoms with Crippen molar-refractivity contribution in [3.8, 4) is 44.9 Å². The second-order valence-corrected chi connectivity index (χ2v) is 15.1. The summed E-state index contributed by atoms with van der Waals surface area (Å²) in [6, 6.07) is 73.9. The zero-order valence-electron chi connectivity index (χ0n) is 31.4. The van der Waals surface area contributed by atoms with Gasteiger partial charge in [0.05, 0.1) is 5.41 Å². The molecule has 10 aromatic rings. The molecule has 0 unspecified atom stereocenters. The van der Waals surface area contributed by atoms with Gasteiger partial charge in [0.2, 0.25) is 0 Å². The van der Waals surface area contributed by atoms with Crippen molar-refractivity contribution in [1.82, 2.24) is 0 Å². The molecule has 2 nitrogen and oxygen atoms in total. The van der Waals surface area contributed by atoms with Crippen molar-refractivity contribution in [2.45, 2.75) is 5.41 Å². The van der Waals surface area contributed by atoms with Crippen LogP contribution in [0, 0.1) is 0 Å². The average Bonchev–Trinajstić information content (AvgIpc) is 3.56. The van der Waals surface area contributed by atoms with Crippen LogP contribution in [-0.4, -0.2) is 13.2 Å². The summed E-state index contributed by atoms with van der Waals surface area (Å²) in [5.74, 6) is 1.71. The summed E-state index contributed by atoms with van der Waals surface area (Å²) in [6.07, 6.45) is 0. The lowest BCUT2D eigenvalue weighted by molar-refractivity contribution is 0.173. The minimum Gasteiger partial charge on any atom is -0.491 e. The number of ether oxygens (including phenoxy) is 2. The number of hydrogen-bond acceptors (Lipinski definition) is 2. The fourth-order valence-corrected chi connectivity index (χ4v) is 9.36. The monoisotopic (exact) mass is 730 g/mol. The molecule has 2 heteroatoms. The molecule has 11 rings (SSSR count). The maximum atomic E-state index is 7.30. The maximum absolute atomic E-state index is 7.30. The molecule has 1 aliphatic rings. The Balaban J connectivity index is 1.08. The highest BCUT2D eigenvalue weighted by molar-refractivity contribution is 6.09. The molecule has 0 saturated carbocycles. The Hall–Kier alpha value is -7.16. The molecule has 0 saturated heterocycles. The van der Waals surface area contributed by atoms with Crippen LogP contribution in [0.3, 0.4) is 0 Å². The maximum Gasteiger partial charge on any atom is 0.127 e. The van der Waals surface area contributed by atoms with E-state index in [9.17, 15) is 0 Å². The second-order valence-electron chi connectivity index (χ2n) is 15.1. The summed E-state index contributed by atoms with van der Waals surface area (Å²) >= 11 is 0. The minimum atomic E-state index is -0.615. The van der Waals surface area contributed by atoms with Gasteiger partial charge in [-0.3, -0.25) is 0 Å². The molecule has 0 N–H and O–H groups in total. The van der Waals surface area contributed by atoms with Crippen molar-refractivity contribution in [3.05, 3.63) is 217 Å². The Morgan fingerprint density at radius 1 is 0.281 bits per heavy atom. The van der Waals surface area contributed by atoms with Gasteiger partial charge >= 0.3 is 0 Å². The van der Waals surface area contributed by atoms with Gasteiger partial charge in [-0.1, -0.05) is 194 Å². The van der Waals surface area contributed by atoms with Gasteiger partial charge < -0.3 is 9.47 Å². The standard InChI is InChI=1S/C55H38O2/c1-5-21-41-37(15-1)19-13-27-47(41)53-43-23-7-3-17-39(43)31-33-51(53)56-35-55(49-29-11-9-25-45(49)46-26-10-12-30-50(46)55)36-57-52-34-32-40-18-4-8-24-44(40)54(52)48-28-14-20-38-16-2-6-22-42(38)48/h1-34H,35-36H2. The van der Waals surface area contributed by atoms with Crippen LogP contribution in [0.2, 0.25) is 0 Å². The SMILES string of the molecule is c1ccc2c(c1)-c1ccccc1C2(COc1ccc2ccccc2c1-c1cccc2ccccc12)COc1ccc2ccccc2c1-c1cccc2ccccc12. The van der Waals surface area contributed by atoms with E-state index >= 15 is 0 Å². The van der Waals surface area contributed by atoms with Crippen LogP contribution < -0.4 is 9.47 Å². The van der Waals surface area contributed by atoms with Crippen molar-refractivity contribution in [2.75, 3.05) is 13.2 Å². The third-order valence-electron chi connectivity index (χ3n) is 12.0. The molecule has 0 spiro atoms. The van der Waals surface area contributed by atoms with E-state index in [-0.39, 0.29) is 0 Å². The van der Waals surface area contributed by atoms with E-state index in [1.165, 1.54) is 65.3 Å². The Labute approximate surface area is 332 Å². The van der Waals surface area contributed by atoms with Crippen molar-refractivity contribution in [2.24, 2.45) is 0 Å². The Morgan fingerprint density at radius 3 is 1.07 bits per heavy atom. The lowest BCUT2D eigenvalue weighted by Gasteiger charge is -2.33. The zero-order valence-corrected chi connectivity index (χ0v) is 31.4. The van der Waals surface area contributed by atoms with Crippen molar-refractivity contribution < 1.29 is 9.47 Å². The molecule has 0 fully saturated rings. The molecule has 0 aliphatic heterocycles. The normalized spacial score (nSPS) is 12.8. The molecule has 0 atom stereocenters. The average molecular weight is 731 g/mol. The molecule has 0 aromatic heterocycles. The Morgan fingerprint density at radius 2 is 0.614 bits per heavy atom. The molecule has 10 aromatic carbocycles. The number of hydrogen-bond donors (Lipinski definition) is 0. The minimum absolute atomic E-state index is 0.383. The Kier molecular flexibility index (Phi) is 7.89. The first kappa shape index (κ1) is 33.2. The van der Waals surface area contributed by atoms with Gasteiger partial charge in [-0.25, -0.2) is 0 Å². The van der Waals surface area contributed by atoms with Crippen molar-refractivity contribution in [1.29, 1.82) is 0 Å². The van der Waals surface area contributed by atoms with E-state index in [1.54, 1.807) is 0 Å². The van der Waals surface area contributed by atoms with E-state index in [1.807, 2.05) is 0 Å². The summed E-state index contributed by atoms with van der Waals surface area (Å²) in [5.41, 5.74) is 8.79. The van der Waals surface area contributed by atoms with Crippen LogP contribution in [0.1, 0.15) is 11.1 Å². The highest BCUT2D eigenvalue weighted by atomic mass is 16.5. The third kappa shape index (κ3) is 5.40. The van der Waals surface area contributed by atoms with Gasteiger partial charge in [0.1, 0.15) is 24.7 Å². The number of rotatable bonds is 8. The smallest absolute Gasteiger partial charge is 0.127 e. The molecule has 1 aliphatic carbocycles. The molecular formula is C55H38O2. The topological polar surface area (TPSA) is 18.5 Å². The van der Waals surface area contributed by atoms with Crippen LogP contribution in [-0.2, 0) is 5.41 Å². The van der Waals surface area contributed by atoms with Gasteiger partial charge in [0.25, 0.3) is 0 Å². The molecule has 270 valence electrons. The van der Waals surface area contributed by atoms with Crippen LogP contribution in [0.25, 0.3) is 76.5 Å². The van der Waals surface area contributed by atoms with Crippen LogP contribution in [0.15, 0.2) is 206 Å². The summed E-state index contributed by atoms with van der Waals surface area (Å²) in [7, 11) is 0. The highest BCUT2D eigenvalue weighted by Crippen LogP contribution is 2.51. The quantitative estimate of drug-likeness (QED) is 0.155. The van der Waals surface area contributed by atoms with E-state index in [0.29, 0.717) is 13.2 Å². The lowest BCUT2D eigenvalue weighted by atomic mass is 9.79. The largest absolute Gasteiger partial charge is 0.491 e. The van der Waals surface area contributed by atoms with E-state index in [4.69, 9.17) is 9.47 Å². The highest BCUT2D eigenvalue weighted by Gasteiger charge is 2.45. The fourth-order valence-electron chi connectivity index (χ4n) is 9.36. The predicted molar refractivity (Wildman–Crippen MR) is 237 cm³/mol. The Bertz CT molecular complexity index is 2930. The van der Waals surface area contributed by atoms with Crippen LogP contribution >= 0.6 is 0 Å². The first-order chi connectivity index (χ1) is 28.3. The first-order valence-corrected chi connectivity index (χ1v) is 19.7. The first-order valence-electron chi connectivity index (χ1n) is 19.7. The van der Waals surface area contributed by atoms with Gasteiger partial charge in [0.15, 0.2) is 0 Å². The number of fused-ring (bicyclic) bond motifs is 7. The molecule has 0 amide bonds. The van der Waals surface area contributed by atoms with Crippen LogP contribution in [0.5, 0.6) is 11.5 Å². The lowest BCUT2D eigenvalue weighted by Crippen LogP contribution is -2.39. The molecule has 0 bridgehead atoms. The van der Waals surface area contributed by atoms with Crippen molar-refractivity contribution >= 4 is 43.1 Å². The van der Waals surface area contributed by atoms with E-state index in [0.717, 1.165) is 33.8 Å². The second kappa shape index (κ2) is 13.5. The molecule has 0 heterocycles. The summed E-state index contributed by atoms with van der Waals surface area (Å²) in [6.45, 7) is 0.766. The van der Waals surface area contributed by atoms with E-state index in [2.05, 4.69) is 206 Å². The third-order valence-corrected chi connectivity index (χ3v) is 12.0. The summed E-state index contributed by atoms with van der Waals surface area (Å²) in [5, 5.41) is 9.50. The van der Waals surface area contributed by atoms with Crippen LogP contribution in [0.4, 0.5) is 0 Å². The zero-order chi connectivity index (χ0) is 37.8. The molecule has 0 radical (unpaired) electrons. The van der Waals surface area contributed by atoms with Gasteiger partial charge in [-0.05, 0) is 88.6 Å². The fraction of sp³-hybridized carbons (Fsp3) is 0.0545. The number of benzene rings is 10. The van der Waals surface area contributed by atoms with Gasteiger partial charge in [-0.2, -0.15) is 0 Å². The van der Waals surface area contributed by atoms with Gasteiger partial charge in [0, 0.05) is 11.1 Å².